The Balaban J connectivity index is 2.11. The molecule has 0 aliphatic carbocycles. The predicted octanol–water partition coefficient (Wildman–Crippen LogP) is -6.56. The zero-order chi connectivity index (χ0) is 29.3. The Morgan fingerprint density at radius 1 is 0.769 bits per heavy atom. The van der Waals surface area contributed by atoms with Crippen LogP contribution in [0.1, 0.15) is 13.3 Å². The third-order valence-corrected chi connectivity index (χ3v) is 6.45. The van der Waals surface area contributed by atoms with Crippen molar-refractivity contribution in [3.8, 4) is 0 Å². The second-order valence-electron chi connectivity index (χ2n) is 9.33. The Kier molecular flexibility index (Phi) is 14.8. The van der Waals surface area contributed by atoms with Crippen molar-refractivity contribution in [3.05, 3.63) is 0 Å². The first-order valence-electron chi connectivity index (χ1n) is 12.6. The smallest absolute Gasteiger partial charge is 0.187 e. The van der Waals surface area contributed by atoms with Gasteiger partial charge >= 0.3 is 0 Å². The molecule has 2 heterocycles. The highest BCUT2D eigenvalue weighted by molar-refractivity contribution is 4.92. The monoisotopic (exact) mass is 577 g/mol. The first-order chi connectivity index (χ1) is 18.5. The summed E-state index contributed by atoms with van der Waals surface area (Å²) in [4.78, 5) is 0. The Bertz CT molecular complexity index is 676. The van der Waals surface area contributed by atoms with E-state index in [0.717, 1.165) is 0 Å². The number of hydrogen-bond donors (Lipinski definition) is 11. The van der Waals surface area contributed by atoms with Crippen LogP contribution in [0.5, 0.6) is 0 Å². The van der Waals surface area contributed by atoms with E-state index in [0.29, 0.717) is 13.0 Å². The van der Waals surface area contributed by atoms with Crippen molar-refractivity contribution < 1.29 is 79.5 Å². The molecule has 2 fully saturated rings. The third kappa shape index (κ3) is 8.90. The van der Waals surface area contributed by atoms with E-state index in [9.17, 15) is 51.1 Å². The molecular weight excluding hydrogens is 534 g/mol. The highest BCUT2D eigenvalue weighted by atomic mass is 16.8. The van der Waals surface area contributed by atoms with Crippen LogP contribution in [0.25, 0.3) is 0 Å². The van der Waals surface area contributed by atoms with Crippen molar-refractivity contribution in [3.63, 3.8) is 0 Å². The van der Waals surface area contributed by atoms with Gasteiger partial charge in [0.2, 0.25) is 0 Å². The molecule has 2 saturated heterocycles. The molecule has 12 unspecified atom stereocenters. The summed E-state index contributed by atoms with van der Waals surface area (Å²) in [5.41, 5.74) is 5.41. The zero-order valence-electron chi connectivity index (χ0n) is 21.5. The molecule has 2 aliphatic heterocycles. The van der Waals surface area contributed by atoms with Gasteiger partial charge in [0.05, 0.1) is 39.1 Å². The molecule has 2 rings (SSSR count). The summed E-state index contributed by atoms with van der Waals surface area (Å²) < 4.78 is 32.9. The van der Waals surface area contributed by atoms with Crippen LogP contribution < -0.4 is 5.73 Å². The predicted molar refractivity (Wildman–Crippen MR) is 125 cm³/mol. The van der Waals surface area contributed by atoms with Crippen molar-refractivity contribution in [2.24, 2.45) is 5.73 Å². The maximum absolute atomic E-state index is 10.7. The molecule has 0 aromatic carbocycles. The minimum atomic E-state index is -1.77. The molecule has 0 spiro atoms. The van der Waals surface area contributed by atoms with Crippen LogP contribution in [0.2, 0.25) is 0 Å². The molecule has 0 saturated carbocycles. The minimum Gasteiger partial charge on any atom is -0.394 e. The molecule has 232 valence electrons. The number of aliphatic hydroxyl groups excluding tert-OH is 10. The fourth-order valence-electron chi connectivity index (χ4n) is 4.05. The van der Waals surface area contributed by atoms with Gasteiger partial charge in [-0.15, -0.1) is 0 Å². The van der Waals surface area contributed by atoms with Crippen LogP contribution >= 0.6 is 0 Å². The van der Waals surface area contributed by atoms with Crippen LogP contribution in [-0.4, -0.2) is 177 Å². The van der Waals surface area contributed by atoms with E-state index >= 15 is 0 Å². The fourth-order valence-corrected chi connectivity index (χ4v) is 4.05. The van der Waals surface area contributed by atoms with Gasteiger partial charge in [-0.1, -0.05) is 0 Å². The van der Waals surface area contributed by atoms with Gasteiger partial charge in [0.1, 0.15) is 61.0 Å². The van der Waals surface area contributed by atoms with E-state index in [1.165, 1.54) is 6.92 Å². The summed E-state index contributed by atoms with van der Waals surface area (Å²) in [5, 5.41) is 100. The standard InChI is InChI=1S/C22H43NO16/c1-9(35-22-17(32)15(30)14(29)12(7-26)37-22)11(6-25)36-20(10(28)5-24)39-19-13(8-27)38-21(18(33)16(19)31)34-4-2-3-23/h9-22,24-33H,2-8,23H2,1H3/t9-,10+,11?,12?,13?,14?,15?,16?,17?,18?,19?,20?,21?,22?/m1/s1. The molecule has 0 aromatic heterocycles. The summed E-state index contributed by atoms with van der Waals surface area (Å²) >= 11 is 0. The maximum Gasteiger partial charge on any atom is 0.187 e. The quantitative estimate of drug-likeness (QED) is 0.0600. The molecule has 0 radical (unpaired) electrons. The highest BCUT2D eigenvalue weighted by Gasteiger charge is 2.48. The SMILES string of the molecule is C[C@@H](OC1OC(CO)C(O)C(O)C1O)C(CO)OC(OC1C(CO)OC(OCCCN)C(O)C1O)[C@@H](O)CO. The molecule has 0 bridgehead atoms. The molecule has 12 N–H and O–H groups in total. The molecule has 14 atom stereocenters. The first-order valence-corrected chi connectivity index (χ1v) is 12.6. The van der Waals surface area contributed by atoms with E-state index in [1.54, 1.807) is 0 Å². The summed E-state index contributed by atoms with van der Waals surface area (Å²) in [7, 11) is 0. The Morgan fingerprint density at radius 3 is 1.95 bits per heavy atom. The van der Waals surface area contributed by atoms with E-state index in [4.69, 9.17) is 34.2 Å². The number of nitrogens with two attached hydrogens (primary N) is 1. The van der Waals surface area contributed by atoms with Crippen molar-refractivity contribution in [2.75, 3.05) is 39.6 Å². The normalized spacial score (nSPS) is 38.8. The molecule has 17 nitrogen and oxygen atoms in total. The fraction of sp³-hybridized carbons (Fsp3) is 1.00. The van der Waals surface area contributed by atoms with Crippen LogP contribution in [0.4, 0.5) is 0 Å². The summed E-state index contributed by atoms with van der Waals surface area (Å²) in [5.74, 6) is 0. The van der Waals surface area contributed by atoms with Gasteiger partial charge in [-0.2, -0.15) is 0 Å². The van der Waals surface area contributed by atoms with Gasteiger partial charge in [0.15, 0.2) is 18.9 Å². The average Bonchev–Trinajstić information content (AvgIpc) is 2.93. The van der Waals surface area contributed by atoms with Gasteiger partial charge in [0, 0.05) is 0 Å². The zero-order valence-corrected chi connectivity index (χ0v) is 21.5. The van der Waals surface area contributed by atoms with Crippen LogP contribution in [0.15, 0.2) is 0 Å². The lowest BCUT2D eigenvalue weighted by atomic mass is 9.99. The Labute approximate surface area is 224 Å². The lowest BCUT2D eigenvalue weighted by molar-refractivity contribution is -0.349. The number of hydrogen-bond acceptors (Lipinski definition) is 17. The summed E-state index contributed by atoms with van der Waals surface area (Å²) in [6.07, 6.45) is -20.9. The second kappa shape index (κ2) is 16.7. The van der Waals surface area contributed by atoms with Crippen molar-refractivity contribution in [1.29, 1.82) is 0 Å². The largest absolute Gasteiger partial charge is 0.394 e. The molecule has 0 amide bonds. The summed E-state index contributed by atoms with van der Waals surface area (Å²) in [6.45, 7) is -1.27. The number of ether oxygens (including phenoxy) is 6. The second-order valence-corrected chi connectivity index (χ2v) is 9.33. The van der Waals surface area contributed by atoms with E-state index in [2.05, 4.69) is 0 Å². The lowest BCUT2D eigenvalue weighted by Gasteiger charge is -2.44. The van der Waals surface area contributed by atoms with Crippen molar-refractivity contribution in [2.45, 2.75) is 99.4 Å². The van der Waals surface area contributed by atoms with E-state index < -0.39 is 112 Å². The lowest BCUT2D eigenvalue weighted by Crippen LogP contribution is -2.62. The molecule has 0 aromatic rings. The Morgan fingerprint density at radius 2 is 1.38 bits per heavy atom. The maximum atomic E-state index is 10.7. The minimum absolute atomic E-state index is 0.105. The van der Waals surface area contributed by atoms with E-state index in [1.807, 2.05) is 0 Å². The molecule has 17 heteroatoms. The summed E-state index contributed by atoms with van der Waals surface area (Å²) in [6, 6.07) is 0. The average molecular weight is 578 g/mol. The Hall–Kier alpha value is -0.680. The number of aliphatic hydroxyl groups is 10. The van der Waals surface area contributed by atoms with Crippen LogP contribution in [0.3, 0.4) is 0 Å². The molecule has 39 heavy (non-hydrogen) atoms. The van der Waals surface area contributed by atoms with E-state index in [-0.39, 0.29) is 6.61 Å². The van der Waals surface area contributed by atoms with Crippen molar-refractivity contribution >= 4 is 0 Å². The van der Waals surface area contributed by atoms with Crippen LogP contribution in [-0.2, 0) is 28.4 Å². The highest BCUT2D eigenvalue weighted by Crippen LogP contribution is 2.28. The van der Waals surface area contributed by atoms with Gasteiger partial charge < -0.3 is 85.2 Å². The van der Waals surface area contributed by atoms with Gasteiger partial charge in [0.25, 0.3) is 0 Å². The topological polar surface area (TPSA) is 284 Å². The van der Waals surface area contributed by atoms with Gasteiger partial charge in [-0.25, -0.2) is 0 Å². The van der Waals surface area contributed by atoms with Gasteiger partial charge in [-0.05, 0) is 19.9 Å². The molecule has 2 aliphatic rings. The number of rotatable bonds is 16. The van der Waals surface area contributed by atoms with Crippen LogP contribution in [0, 0.1) is 0 Å². The van der Waals surface area contributed by atoms with Crippen molar-refractivity contribution in [1.82, 2.24) is 0 Å². The third-order valence-electron chi connectivity index (χ3n) is 6.45. The first kappa shape index (κ1) is 34.5. The molecular formula is C22H43NO16. The van der Waals surface area contributed by atoms with Gasteiger partial charge in [-0.3, -0.25) is 0 Å².